The molecule has 4 N–H and O–H groups in total. The monoisotopic (exact) mass is 332 g/mol. The molecule has 2 atom stereocenters. The maximum absolute atomic E-state index is 12.2. The molecule has 7 heteroatoms. The van der Waals surface area contributed by atoms with Crippen LogP contribution in [-0.2, 0) is 4.79 Å². The molecule has 1 saturated heterocycles. The first kappa shape index (κ1) is 16.7. The highest BCUT2D eigenvalue weighted by Crippen LogP contribution is 2.35. The van der Waals surface area contributed by atoms with E-state index in [9.17, 15) is 9.59 Å². The third kappa shape index (κ3) is 4.23. The van der Waals surface area contributed by atoms with Crippen molar-refractivity contribution in [2.24, 2.45) is 5.92 Å². The van der Waals surface area contributed by atoms with Gasteiger partial charge in [-0.05, 0) is 43.7 Å². The first-order valence-electron chi connectivity index (χ1n) is 8.50. The number of likely N-dealkylation sites (tertiary alicyclic amines) is 1. The number of pyridine rings is 1. The molecule has 1 amide bonds. The number of rotatable bonds is 7. The van der Waals surface area contributed by atoms with Gasteiger partial charge in [-0.15, -0.1) is 0 Å². The molecule has 24 heavy (non-hydrogen) atoms. The Morgan fingerprint density at radius 3 is 2.62 bits per heavy atom. The fourth-order valence-electron chi connectivity index (χ4n) is 3.40. The second-order valence-electron chi connectivity index (χ2n) is 6.80. The van der Waals surface area contributed by atoms with Crippen LogP contribution in [0.25, 0.3) is 0 Å². The summed E-state index contributed by atoms with van der Waals surface area (Å²) >= 11 is 0. The van der Waals surface area contributed by atoms with Crippen LogP contribution in [0.4, 0.5) is 5.82 Å². The normalized spacial score (nSPS) is 24.0. The summed E-state index contributed by atoms with van der Waals surface area (Å²) in [4.78, 5) is 29.5. The second kappa shape index (κ2) is 7.17. The lowest BCUT2D eigenvalue weighted by atomic mass is 10.1. The number of carboxylic acid groups (broad SMARTS) is 1. The summed E-state index contributed by atoms with van der Waals surface area (Å²) in [5.41, 5.74) is 6.01. The van der Waals surface area contributed by atoms with Crippen molar-refractivity contribution in [2.75, 3.05) is 18.8 Å². The maximum Gasteiger partial charge on any atom is 0.304 e. The van der Waals surface area contributed by atoms with Gasteiger partial charge in [-0.3, -0.25) is 14.5 Å². The number of hydrogen-bond acceptors (Lipinski definition) is 5. The zero-order valence-electron chi connectivity index (χ0n) is 13.6. The molecule has 130 valence electrons. The Bertz CT molecular complexity index is 600. The Labute approximate surface area is 141 Å². The van der Waals surface area contributed by atoms with Crippen molar-refractivity contribution in [1.82, 2.24) is 15.2 Å². The van der Waals surface area contributed by atoms with Gasteiger partial charge in [0.25, 0.3) is 5.91 Å². The minimum atomic E-state index is -0.751. The van der Waals surface area contributed by atoms with Gasteiger partial charge in [-0.2, -0.15) is 0 Å². The van der Waals surface area contributed by atoms with E-state index in [0.717, 1.165) is 19.4 Å². The van der Waals surface area contributed by atoms with Gasteiger partial charge in [0.05, 0.1) is 12.0 Å². The molecule has 0 spiro atoms. The van der Waals surface area contributed by atoms with Crippen LogP contribution in [0.2, 0.25) is 0 Å². The highest BCUT2D eigenvalue weighted by molar-refractivity contribution is 5.94. The summed E-state index contributed by atoms with van der Waals surface area (Å²) in [6.45, 7) is 1.48. The van der Waals surface area contributed by atoms with Gasteiger partial charge in [-0.1, -0.05) is 0 Å². The van der Waals surface area contributed by atoms with E-state index in [1.807, 2.05) is 0 Å². The third-order valence-corrected chi connectivity index (χ3v) is 4.89. The van der Waals surface area contributed by atoms with E-state index in [1.54, 1.807) is 12.1 Å². The molecular weight excluding hydrogens is 308 g/mol. The molecular formula is C17H24N4O3. The highest BCUT2D eigenvalue weighted by atomic mass is 16.4. The molecule has 0 bridgehead atoms. The zero-order valence-corrected chi connectivity index (χ0v) is 13.6. The van der Waals surface area contributed by atoms with Crippen molar-refractivity contribution >= 4 is 17.7 Å². The molecule has 1 aromatic heterocycles. The van der Waals surface area contributed by atoms with Crippen molar-refractivity contribution in [3.63, 3.8) is 0 Å². The van der Waals surface area contributed by atoms with Crippen LogP contribution in [0.15, 0.2) is 18.3 Å². The minimum Gasteiger partial charge on any atom is -0.481 e. The molecule has 2 heterocycles. The highest BCUT2D eigenvalue weighted by Gasteiger charge is 2.37. The third-order valence-electron chi connectivity index (χ3n) is 4.89. The Morgan fingerprint density at radius 2 is 2.00 bits per heavy atom. The van der Waals surface area contributed by atoms with Gasteiger partial charge < -0.3 is 16.2 Å². The number of nitrogen functional groups attached to an aromatic ring is 1. The number of amides is 1. The summed E-state index contributed by atoms with van der Waals surface area (Å²) in [7, 11) is 0. The van der Waals surface area contributed by atoms with Gasteiger partial charge in [0.15, 0.2) is 0 Å². The van der Waals surface area contributed by atoms with Gasteiger partial charge in [0.1, 0.15) is 5.82 Å². The summed E-state index contributed by atoms with van der Waals surface area (Å²) in [5, 5.41) is 12.1. The fraction of sp³-hybridized carbons (Fsp3) is 0.588. The molecule has 1 aromatic rings. The van der Waals surface area contributed by atoms with Crippen molar-refractivity contribution in [3.05, 3.63) is 23.9 Å². The summed E-state index contributed by atoms with van der Waals surface area (Å²) in [6.07, 6.45) is 5.90. The maximum atomic E-state index is 12.2. The summed E-state index contributed by atoms with van der Waals surface area (Å²) in [6, 6.07) is 3.55. The number of aromatic nitrogens is 1. The largest absolute Gasteiger partial charge is 0.481 e. The number of carboxylic acids is 1. The van der Waals surface area contributed by atoms with Crippen LogP contribution in [-0.4, -0.2) is 52.0 Å². The van der Waals surface area contributed by atoms with Crippen molar-refractivity contribution in [3.8, 4) is 0 Å². The van der Waals surface area contributed by atoms with E-state index in [-0.39, 0.29) is 24.4 Å². The smallest absolute Gasteiger partial charge is 0.304 e. The Kier molecular flexibility index (Phi) is 4.99. The molecule has 7 nitrogen and oxygen atoms in total. The van der Waals surface area contributed by atoms with Crippen LogP contribution >= 0.6 is 0 Å². The fourth-order valence-corrected chi connectivity index (χ4v) is 3.40. The van der Waals surface area contributed by atoms with E-state index in [4.69, 9.17) is 10.8 Å². The molecule has 3 rings (SSSR count). The predicted molar refractivity (Wildman–Crippen MR) is 89.5 cm³/mol. The van der Waals surface area contributed by atoms with Crippen LogP contribution in [0.5, 0.6) is 0 Å². The number of aliphatic carboxylic acids is 1. The molecule has 2 aliphatic rings. The van der Waals surface area contributed by atoms with Crippen LogP contribution in [0, 0.1) is 5.92 Å². The number of nitrogens with one attached hydrogen (secondary N) is 1. The SMILES string of the molecule is Nc1ccc(C(=O)NC[C@@H]2CC[C@H](CC(=O)O)N2CC2CC2)cn1. The lowest BCUT2D eigenvalue weighted by Gasteiger charge is -2.29. The minimum absolute atomic E-state index is 0.0863. The van der Waals surface area contributed by atoms with Crippen LogP contribution < -0.4 is 11.1 Å². The molecule has 0 unspecified atom stereocenters. The number of nitrogens with two attached hydrogens (primary N) is 1. The topological polar surface area (TPSA) is 109 Å². The molecule has 1 saturated carbocycles. The quantitative estimate of drug-likeness (QED) is 0.690. The molecule has 2 fully saturated rings. The van der Waals surface area contributed by atoms with Gasteiger partial charge >= 0.3 is 5.97 Å². The molecule has 1 aliphatic heterocycles. The van der Waals surface area contributed by atoms with Gasteiger partial charge in [-0.25, -0.2) is 4.98 Å². The molecule has 0 radical (unpaired) electrons. The van der Waals surface area contributed by atoms with E-state index < -0.39 is 5.97 Å². The zero-order chi connectivity index (χ0) is 17.1. The second-order valence-corrected chi connectivity index (χ2v) is 6.80. The van der Waals surface area contributed by atoms with Crippen molar-refractivity contribution in [1.29, 1.82) is 0 Å². The molecule has 0 aromatic carbocycles. The summed E-state index contributed by atoms with van der Waals surface area (Å²) < 4.78 is 0. The van der Waals surface area contributed by atoms with Crippen molar-refractivity contribution < 1.29 is 14.7 Å². The van der Waals surface area contributed by atoms with E-state index in [0.29, 0.717) is 23.8 Å². The van der Waals surface area contributed by atoms with Gasteiger partial charge in [0.2, 0.25) is 0 Å². The first-order chi connectivity index (χ1) is 11.5. The first-order valence-corrected chi connectivity index (χ1v) is 8.50. The predicted octanol–water partition coefficient (Wildman–Crippen LogP) is 1.11. The average molecular weight is 332 g/mol. The number of hydrogen-bond donors (Lipinski definition) is 3. The Hall–Kier alpha value is -2.15. The summed E-state index contributed by atoms with van der Waals surface area (Å²) in [5.74, 6) is 0.155. The van der Waals surface area contributed by atoms with Crippen molar-refractivity contribution in [2.45, 2.75) is 44.2 Å². The Morgan fingerprint density at radius 1 is 1.25 bits per heavy atom. The van der Waals surface area contributed by atoms with Crippen LogP contribution in [0.1, 0.15) is 42.5 Å². The number of carbonyl (C=O) groups is 2. The number of nitrogens with zero attached hydrogens (tertiary/aromatic N) is 2. The molecule has 1 aliphatic carbocycles. The average Bonchev–Trinajstić information content (AvgIpc) is 3.29. The lowest BCUT2D eigenvalue weighted by Crippen LogP contribution is -2.44. The van der Waals surface area contributed by atoms with E-state index >= 15 is 0 Å². The van der Waals surface area contributed by atoms with Crippen LogP contribution in [0.3, 0.4) is 0 Å². The number of anilines is 1. The van der Waals surface area contributed by atoms with E-state index in [2.05, 4.69) is 15.2 Å². The lowest BCUT2D eigenvalue weighted by molar-refractivity contribution is -0.138. The Balaban J connectivity index is 1.57. The van der Waals surface area contributed by atoms with E-state index in [1.165, 1.54) is 19.0 Å². The standard InChI is InChI=1S/C17H24N4O3/c18-15-6-3-12(8-19-15)17(24)20-9-14-5-4-13(7-16(22)23)21(14)10-11-1-2-11/h3,6,8,11,13-14H,1-2,4-5,7,9-10H2,(H2,18,19)(H,20,24)(H,22,23)/t13-,14+/m1/s1. The van der Waals surface area contributed by atoms with Gasteiger partial charge in [0, 0.05) is 31.4 Å². The number of carbonyl (C=O) groups excluding carboxylic acids is 1.